The SMILES string of the molecule is COc1ccc(Nc2ccc(Nc3ccc(C(F)F)cc3Cl)cc2)c(C(=O)O)c1. The average molecular weight is 419 g/mol. The number of rotatable bonds is 7. The van der Waals surface area contributed by atoms with Gasteiger partial charge >= 0.3 is 5.97 Å². The second-order valence-electron chi connectivity index (χ2n) is 6.08. The second kappa shape index (κ2) is 8.79. The number of carboxylic acid groups (broad SMARTS) is 1. The van der Waals surface area contributed by atoms with Gasteiger partial charge in [0.15, 0.2) is 0 Å². The van der Waals surface area contributed by atoms with E-state index < -0.39 is 12.4 Å². The number of aromatic carboxylic acids is 1. The predicted octanol–water partition coefficient (Wildman–Crippen LogP) is 6.47. The molecule has 0 amide bonds. The van der Waals surface area contributed by atoms with Crippen LogP contribution in [-0.4, -0.2) is 18.2 Å². The lowest BCUT2D eigenvalue weighted by Gasteiger charge is -2.13. The van der Waals surface area contributed by atoms with Crippen molar-refractivity contribution >= 4 is 40.3 Å². The first-order valence-electron chi connectivity index (χ1n) is 8.50. The van der Waals surface area contributed by atoms with Gasteiger partial charge in [-0.2, -0.15) is 0 Å². The van der Waals surface area contributed by atoms with Gasteiger partial charge in [0.25, 0.3) is 6.43 Å². The molecule has 3 rings (SSSR count). The molecule has 3 N–H and O–H groups in total. The molecule has 0 aliphatic carbocycles. The third-order valence-electron chi connectivity index (χ3n) is 4.15. The maximum Gasteiger partial charge on any atom is 0.337 e. The maximum atomic E-state index is 12.7. The number of anilines is 4. The first-order chi connectivity index (χ1) is 13.9. The van der Waals surface area contributed by atoms with Crippen LogP contribution in [0.1, 0.15) is 22.3 Å². The van der Waals surface area contributed by atoms with Crippen molar-refractivity contribution in [2.24, 2.45) is 0 Å². The van der Waals surface area contributed by atoms with Crippen LogP contribution in [0.4, 0.5) is 31.5 Å². The number of alkyl halides is 2. The van der Waals surface area contributed by atoms with Crippen molar-refractivity contribution in [2.45, 2.75) is 6.43 Å². The number of carboxylic acids is 1. The summed E-state index contributed by atoms with van der Waals surface area (Å²) in [5.74, 6) is -0.631. The van der Waals surface area contributed by atoms with Gasteiger partial charge in [-0.15, -0.1) is 0 Å². The Morgan fingerprint density at radius 3 is 2.07 bits per heavy atom. The van der Waals surface area contributed by atoms with Crippen molar-refractivity contribution < 1.29 is 23.4 Å². The summed E-state index contributed by atoms with van der Waals surface area (Å²) in [6, 6.07) is 15.8. The Bertz CT molecular complexity index is 1030. The number of carbonyl (C=O) groups is 1. The Kier molecular flexibility index (Phi) is 6.19. The Balaban J connectivity index is 1.75. The third kappa shape index (κ3) is 4.94. The minimum absolute atomic E-state index is 0.0810. The van der Waals surface area contributed by atoms with Gasteiger partial charge in [-0.05, 0) is 54.6 Å². The highest BCUT2D eigenvalue weighted by molar-refractivity contribution is 6.33. The summed E-state index contributed by atoms with van der Waals surface area (Å²) in [6.07, 6.45) is -2.58. The summed E-state index contributed by atoms with van der Waals surface area (Å²) < 4.78 is 30.5. The van der Waals surface area contributed by atoms with Crippen LogP contribution in [-0.2, 0) is 0 Å². The van der Waals surface area contributed by atoms with Crippen molar-refractivity contribution in [2.75, 3.05) is 17.7 Å². The fourth-order valence-electron chi connectivity index (χ4n) is 2.65. The Hall–Kier alpha value is -3.32. The highest BCUT2D eigenvalue weighted by Gasteiger charge is 2.12. The maximum absolute atomic E-state index is 12.7. The monoisotopic (exact) mass is 418 g/mol. The van der Waals surface area contributed by atoms with Crippen molar-refractivity contribution in [3.05, 3.63) is 76.8 Å². The fraction of sp³-hybridized carbons (Fsp3) is 0.0952. The third-order valence-corrected chi connectivity index (χ3v) is 4.46. The molecule has 0 aliphatic heterocycles. The molecular formula is C21H17ClF2N2O3. The van der Waals surface area contributed by atoms with Gasteiger partial charge in [0.05, 0.1) is 29.1 Å². The van der Waals surface area contributed by atoms with Crippen LogP contribution in [0.3, 0.4) is 0 Å². The number of hydrogen-bond donors (Lipinski definition) is 3. The van der Waals surface area contributed by atoms with E-state index in [1.807, 2.05) is 0 Å². The molecule has 0 unspecified atom stereocenters. The lowest BCUT2D eigenvalue weighted by atomic mass is 10.1. The molecule has 0 heterocycles. The van der Waals surface area contributed by atoms with E-state index in [2.05, 4.69) is 10.6 Å². The molecular weight excluding hydrogens is 402 g/mol. The normalized spacial score (nSPS) is 10.7. The Morgan fingerprint density at radius 2 is 1.55 bits per heavy atom. The van der Waals surface area contributed by atoms with Crippen LogP contribution in [0.25, 0.3) is 0 Å². The van der Waals surface area contributed by atoms with Gasteiger partial charge in [-0.1, -0.05) is 17.7 Å². The Labute approximate surface area is 170 Å². The first kappa shape index (κ1) is 20.4. The number of nitrogens with one attached hydrogen (secondary N) is 2. The molecule has 0 spiro atoms. The zero-order valence-corrected chi connectivity index (χ0v) is 16.0. The average Bonchev–Trinajstić information content (AvgIpc) is 2.70. The van der Waals surface area contributed by atoms with Crippen LogP contribution in [0, 0.1) is 0 Å². The first-order valence-corrected chi connectivity index (χ1v) is 8.88. The molecule has 5 nitrogen and oxygen atoms in total. The molecule has 8 heteroatoms. The van der Waals surface area contributed by atoms with Gasteiger partial charge in [0.2, 0.25) is 0 Å². The fourth-order valence-corrected chi connectivity index (χ4v) is 2.89. The van der Waals surface area contributed by atoms with E-state index in [9.17, 15) is 18.7 Å². The van der Waals surface area contributed by atoms with E-state index in [0.717, 1.165) is 0 Å². The largest absolute Gasteiger partial charge is 0.497 e. The molecule has 0 saturated heterocycles. The summed E-state index contributed by atoms with van der Waals surface area (Å²) in [5, 5.41) is 15.7. The molecule has 0 atom stereocenters. The lowest BCUT2D eigenvalue weighted by Crippen LogP contribution is -2.03. The number of ether oxygens (including phenoxy) is 1. The summed E-state index contributed by atoms with van der Waals surface area (Å²) in [7, 11) is 1.47. The number of methoxy groups -OCH3 is 1. The molecule has 3 aromatic rings. The molecule has 150 valence electrons. The zero-order chi connectivity index (χ0) is 21.0. The summed E-state index contributed by atoms with van der Waals surface area (Å²) >= 11 is 6.06. The lowest BCUT2D eigenvalue weighted by molar-refractivity contribution is 0.0697. The number of hydrogen-bond acceptors (Lipinski definition) is 4. The molecule has 0 aliphatic rings. The Morgan fingerprint density at radius 1 is 0.966 bits per heavy atom. The number of halogens is 3. The molecule has 0 bridgehead atoms. The smallest absolute Gasteiger partial charge is 0.337 e. The van der Waals surface area contributed by atoms with Crippen molar-refractivity contribution in [3.63, 3.8) is 0 Å². The van der Waals surface area contributed by atoms with Crippen LogP contribution < -0.4 is 15.4 Å². The molecule has 0 fully saturated rings. The van der Waals surface area contributed by atoms with Gasteiger partial charge < -0.3 is 20.5 Å². The van der Waals surface area contributed by atoms with E-state index in [1.165, 1.54) is 31.4 Å². The molecule has 0 saturated carbocycles. The van der Waals surface area contributed by atoms with Crippen molar-refractivity contribution in [3.8, 4) is 5.75 Å². The van der Waals surface area contributed by atoms with E-state index in [0.29, 0.717) is 28.5 Å². The van der Waals surface area contributed by atoms with Crippen LogP contribution in [0.2, 0.25) is 5.02 Å². The number of benzene rings is 3. The minimum atomic E-state index is -2.58. The van der Waals surface area contributed by atoms with Crippen LogP contribution in [0.15, 0.2) is 60.7 Å². The molecule has 29 heavy (non-hydrogen) atoms. The van der Waals surface area contributed by atoms with E-state index in [-0.39, 0.29) is 16.1 Å². The van der Waals surface area contributed by atoms with Gasteiger partial charge in [-0.25, -0.2) is 13.6 Å². The summed E-state index contributed by atoms with van der Waals surface area (Å²) in [4.78, 5) is 11.5. The standard InChI is InChI=1S/C21H17ClF2N2O3/c1-29-15-7-9-18(16(11-15)21(27)28)25-13-3-5-14(6-4-13)26-19-8-2-12(20(23)24)10-17(19)22/h2-11,20,25-26H,1H3,(H,27,28). The van der Waals surface area contributed by atoms with Crippen molar-refractivity contribution in [1.82, 2.24) is 0 Å². The highest BCUT2D eigenvalue weighted by atomic mass is 35.5. The van der Waals surface area contributed by atoms with Gasteiger partial charge in [-0.3, -0.25) is 0 Å². The van der Waals surface area contributed by atoms with E-state index in [1.54, 1.807) is 36.4 Å². The summed E-state index contributed by atoms with van der Waals surface area (Å²) in [6.45, 7) is 0. The second-order valence-corrected chi connectivity index (χ2v) is 6.49. The van der Waals surface area contributed by atoms with Gasteiger partial charge in [0.1, 0.15) is 5.75 Å². The van der Waals surface area contributed by atoms with Crippen LogP contribution in [0.5, 0.6) is 5.75 Å². The highest BCUT2D eigenvalue weighted by Crippen LogP contribution is 2.31. The predicted molar refractivity (Wildman–Crippen MR) is 109 cm³/mol. The van der Waals surface area contributed by atoms with Gasteiger partial charge in [0, 0.05) is 16.9 Å². The van der Waals surface area contributed by atoms with Crippen molar-refractivity contribution in [1.29, 1.82) is 0 Å². The zero-order valence-electron chi connectivity index (χ0n) is 15.2. The molecule has 3 aromatic carbocycles. The molecule has 0 aromatic heterocycles. The minimum Gasteiger partial charge on any atom is -0.497 e. The van der Waals surface area contributed by atoms with E-state index in [4.69, 9.17) is 16.3 Å². The summed E-state index contributed by atoms with van der Waals surface area (Å²) in [5.41, 5.74) is 2.22. The van der Waals surface area contributed by atoms with Crippen LogP contribution >= 0.6 is 11.6 Å². The molecule has 0 radical (unpaired) electrons. The quantitative estimate of drug-likeness (QED) is 0.410. The topological polar surface area (TPSA) is 70.6 Å². The van der Waals surface area contributed by atoms with E-state index >= 15 is 0 Å².